The predicted octanol–water partition coefficient (Wildman–Crippen LogP) is 2.34. The van der Waals surface area contributed by atoms with Gasteiger partial charge >= 0.3 is 12.3 Å². The van der Waals surface area contributed by atoms with E-state index in [4.69, 9.17) is 9.53 Å². The lowest BCUT2D eigenvalue weighted by molar-refractivity contribution is -0.137. The van der Waals surface area contributed by atoms with Gasteiger partial charge in [0, 0.05) is 45.1 Å². The molecule has 4 N–H and O–H groups in total. The zero-order chi connectivity index (χ0) is 33.6. The van der Waals surface area contributed by atoms with Gasteiger partial charge in [-0.2, -0.15) is 13.2 Å². The molecule has 0 spiro atoms. The minimum Gasteiger partial charge on any atom is -0.453 e. The summed E-state index contributed by atoms with van der Waals surface area (Å²) in [6.45, 7) is 12.4. The smallest absolute Gasteiger partial charge is 0.417 e. The van der Waals surface area contributed by atoms with Crippen molar-refractivity contribution in [1.82, 2.24) is 29.8 Å². The van der Waals surface area contributed by atoms with Gasteiger partial charge in [0.2, 0.25) is 5.91 Å². The van der Waals surface area contributed by atoms with Crippen molar-refractivity contribution in [3.05, 3.63) is 48.3 Å². The number of methoxy groups -OCH3 is 1. The van der Waals surface area contributed by atoms with Gasteiger partial charge in [0.1, 0.15) is 18.1 Å². The number of carbonyl (C=O) groups excluding carboxylic acids is 3. The molecule has 1 aliphatic rings. The molecule has 14 nitrogen and oxygen atoms in total. The number of nitrogens with two attached hydrogens (primary N) is 1. The fraction of sp³-hybridized carbons (Fsp3) is 0.429. The number of nitrogens with one attached hydrogen (secondary N) is 2. The highest BCUT2D eigenvalue weighted by molar-refractivity contribution is 5.85. The fourth-order valence-corrected chi connectivity index (χ4v) is 4.21. The fourth-order valence-electron chi connectivity index (χ4n) is 4.21. The highest BCUT2D eigenvalue weighted by Gasteiger charge is 2.36. The molecular weight excluding hydrogens is 599 g/mol. The molecule has 0 aliphatic carbocycles. The number of hydrogen-bond donors (Lipinski definition) is 3. The zero-order valence-electron chi connectivity index (χ0n) is 25.4. The van der Waals surface area contributed by atoms with Gasteiger partial charge in [-0.1, -0.05) is 13.5 Å². The van der Waals surface area contributed by atoms with E-state index in [9.17, 15) is 22.8 Å². The van der Waals surface area contributed by atoms with Crippen LogP contribution < -0.4 is 21.3 Å². The Balaban J connectivity index is 0.000000917. The Bertz CT molecular complexity index is 1430. The van der Waals surface area contributed by atoms with Crippen LogP contribution in [-0.2, 0) is 31.8 Å². The summed E-state index contributed by atoms with van der Waals surface area (Å²) in [5.74, 6) is -0.391. The number of anilines is 2. The van der Waals surface area contributed by atoms with Gasteiger partial charge in [-0.05, 0) is 37.4 Å². The highest BCUT2D eigenvalue weighted by Crippen LogP contribution is 2.38. The highest BCUT2D eigenvalue weighted by atomic mass is 19.4. The number of pyridine rings is 1. The van der Waals surface area contributed by atoms with Crippen LogP contribution in [0.1, 0.15) is 18.1 Å². The van der Waals surface area contributed by atoms with E-state index in [1.165, 1.54) is 0 Å². The number of morpholine rings is 1. The molecule has 0 radical (unpaired) electrons. The minimum atomic E-state index is -4.75. The molecule has 3 aromatic rings. The molecule has 0 atom stereocenters. The third-order valence-electron chi connectivity index (χ3n) is 6.41. The van der Waals surface area contributed by atoms with Gasteiger partial charge in [-0.15, -0.1) is 5.10 Å². The van der Waals surface area contributed by atoms with Crippen molar-refractivity contribution in [1.29, 1.82) is 0 Å². The molecule has 4 rings (SSSR count). The molecule has 246 valence electrons. The van der Waals surface area contributed by atoms with Crippen LogP contribution in [0.4, 0.5) is 29.6 Å². The van der Waals surface area contributed by atoms with Crippen molar-refractivity contribution in [2.24, 2.45) is 5.73 Å². The molecule has 3 aromatic heterocycles. The number of amides is 2. The van der Waals surface area contributed by atoms with Crippen LogP contribution in [0.3, 0.4) is 0 Å². The second kappa shape index (κ2) is 17.6. The van der Waals surface area contributed by atoms with Crippen LogP contribution in [0.15, 0.2) is 37.2 Å². The molecule has 1 aliphatic heterocycles. The van der Waals surface area contributed by atoms with Crippen molar-refractivity contribution in [3.8, 4) is 11.4 Å². The van der Waals surface area contributed by atoms with Crippen LogP contribution in [0, 0.1) is 0 Å². The lowest BCUT2D eigenvalue weighted by atomic mass is 10.1. The molecule has 0 aromatic carbocycles. The summed E-state index contributed by atoms with van der Waals surface area (Å²) >= 11 is 0. The molecule has 0 unspecified atom stereocenters. The number of primary amides is 1. The predicted molar refractivity (Wildman–Crippen MR) is 162 cm³/mol. The van der Waals surface area contributed by atoms with Gasteiger partial charge < -0.3 is 30.2 Å². The molecule has 1 saturated heterocycles. The van der Waals surface area contributed by atoms with Gasteiger partial charge in [0.15, 0.2) is 11.6 Å². The van der Waals surface area contributed by atoms with Crippen molar-refractivity contribution in [3.63, 3.8) is 0 Å². The Morgan fingerprint density at radius 2 is 1.91 bits per heavy atom. The van der Waals surface area contributed by atoms with E-state index in [0.29, 0.717) is 44.2 Å². The third-order valence-corrected chi connectivity index (χ3v) is 6.41. The number of rotatable bonds is 10. The van der Waals surface area contributed by atoms with E-state index < -0.39 is 23.7 Å². The van der Waals surface area contributed by atoms with Crippen LogP contribution in [-0.4, -0.2) is 103 Å². The Kier molecular flexibility index (Phi) is 14.3. The number of carbonyl (C=O) groups is 3. The number of nitrogens with zero attached hydrogens (tertiary/aromatic N) is 6. The maximum Gasteiger partial charge on any atom is 0.417 e. The van der Waals surface area contributed by atoms with Crippen LogP contribution in [0.25, 0.3) is 16.9 Å². The number of ether oxygens (including phenoxy) is 2. The summed E-state index contributed by atoms with van der Waals surface area (Å²) in [6.07, 6.45) is -1.79. The third kappa shape index (κ3) is 10.5. The molecule has 2 amide bonds. The number of likely N-dealkylation sites (N-methyl/N-ethyl adjacent to an activating group) is 2. The van der Waals surface area contributed by atoms with E-state index in [0.717, 1.165) is 50.6 Å². The average Bonchev–Trinajstić information content (AvgIpc) is 3.46. The topological polar surface area (TPSA) is 169 Å². The summed E-state index contributed by atoms with van der Waals surface area (Å²) in [4.78, 5) is 41.8. The van der Waals surface area contributed by atoms with Gasteiger partial charge in [0.05, 0.1) is 31.5 Å². The number of aromatic nitrogens is 4. The largest absolute Gasteiger partial charge is 0.453 e. The number of alkyl halides is 3. The van der Waals surface area contributed by atoms with Crippen molar-refractivity contribution in [2.75, 3.05) is 70.3 Å². The summed E-state index contributed by atoms with van der Waals surface area (Å²) < 4.78 is 53.9. The summed E-state index contributed by atoms with van der Waals surface area (Å²) in [5, 5.41) is 9.77. The first-order valence-corrected chi connectivity index (χ1v) is 13.7. The van der Waals surface area contributed by atoms with Crippen molar-refractivity contribution >= 4 is 35.9 Å². The van der Waals surface area contributed by atoms with Crippen molar-refractivity contribution < 1.29 is 37.0 Å². The van der Waals surface area contributed by atoms with E-state index in [-0.39, 0.29) is 17.2 Å². The summed E-state index contributed by atoms with van der Waals surface area (Å²) in [7, 11) is 3.00. The number of hydrogen-bond acceptors (Lipinski definition) is 11. The van der Waals surface area contributed by atoms with E-state index >= 15 is 0 Å². The number of fused-ring (bicyclic) bond motifs is 1. The maximum atomic E-state index is 14.1. The average molecular weight is 638 g/mol. The lowest BCUT2D eigenvalue weighted by Crippen LogP contribution is -2.37. The zero-order valence-corrected chi connectivity index (χ0v) is 25.4. The molecule has 45 heavy (non-hydrogen) atoms. The molecule has 0 saturated carbocycles. The number of halogens is 3. The molecule has 4 heterocycles. The monoisotopic (exact) mass is 637 g/mol. The van der Waals surface area contributed by atoms with Gasteiger partial charge in [-0.3, -0.25) is 15.0 Å². The Hall–Kier alpha value is -4.61. The quantitative estimate of drug-likeness (QED) is 0.279. The second-order valence-corrected chi connectivity index (χ2v) is 9.34. The first-order valence-electron chi connectivity index (χ1n) is 13.7. The normalized spacial score (nSPS) is 12.9. The minimum absolute atomic E-state index is 0.131. The Morgan fingerprint density at radius 1 is 1.24 bits per heavy atom. The standard InChI is InChI=1S/C24H31F3N8O3.C3H5NO.CH2O/c1-4-33(6-5-28-2)14-16-11-19-22(34-7-9-38-10-8-34)31-21(32-35(19)15-16)17-13-29-20(30-23(36)37-3)12-18(17)24(25,26)27;1-2-3(4)5;1-2/h11-13,15,28H,4-10,14H2,1-3H3,(H,29,30,36);2H,1H2,(H2,4,5);1H2. The van der Waals surface area contributed by atoms with Gasteiger partial charge in [-0.25, -0.2) is 19.3 Å². The van der Waals surface area contributed by atoms with E-state index in [2.05, 4.69) is 54.6 Å². The first-order chi connectivity index (χ1) is 21.5. The van der Waals surface area contributed by atoms with Crippen LogP contribution in [0.5, 0.6) is 0 Å². The lowest BCUT2D eigenvalue weighted by Gasteiger charge is -2.28. The van der Waals surface area contributed by atoms with Gasteiger partial charge in [0.25, 0.3) is 0 Å². The first kappa shape index (κ1) is 36.6. The second-order valence-electron chi connectivity index (χ2n) is 9.34. The Labute approximate surface area is 258 Å². The van der Waals surface area contributed by atoms with Crippen LogP contribution in [0.2, 0.25) is 0 Å². The molecule has 1 fully saturated rings. The van der Waals surface area contributed by atoms with E-state index in [1.807, 2.05) is 31.0 Å². The summed E-state index contributed by atoms with van der Waals surface area (Å²) in [6, 6.07) is 2.72. The van der Waals surface area contributed by atoms with Crippen molar-refractivity contribution in [2.45, 2.75) is 19.6 Å². The van der Waals surface area contributed by atoms with Crippen LogP contribution >= 0.6 is 0 Å². The molecular formula is C28H38F3N9O5. The summed E-state index contributed by atoms with van der Waals surface area (Å²) in [5.41, 5.74) is 4.87. The SMILES string of the molecule is C=CC(N)=O.C=O.CCN(CCNC)Cc1cc2c(N3CCOCC3)nc(-c3cnc(NC(=O)OC)cc3C(F)(F)F)nn2c1. The molecule has 0 bridgehead atoms. The van der Waals surface area contributed by atoms with E-state index in [1.54, 1.807) is 4.52 Å². The Morgan fingerprint density at radius 3 is 2.47 bits per heavy atom. The maximum absolute atomic E-state index is 14.1. The molecule has 17 heteroatoms.